The van der Waals surface area contributed by atoms with Gasteiger partial charge in [-0.05, 0) is 53.5 Å². The van der Waals surface area contributed by atoms with Crippen LogP contribution in [0.25, 0.3) is 11.8 Å². The fourth-order valence-electron chi connectivity index (χ4n) is 3.87. The molecule has 5 heteroatoms. The van der Waals surface area contributed by atoms with Gasteiger partial charge in [-0.25, -0.2) is 0 Å². The van der Waals surface area contributed by atoms with Crippen molar-refractivity contribution < 1.29 is 18.9 Å². The molecule has 5 rings (SSSR count). The van der Waals surface area contributed by atoms with Crippen molar-refractivity contribution in [1.82, 2.24) is 4.90 Å². The molecule has 3 aliphatic heterocycles. The molecule has 0 amide bonds. The molecule has 0 N–H and O–H groups in total. The van der Waals surface area contributed by atoms with E-state index in [2.05, 4.69) is 35.2 Å². The highest BCUT2D eigenvalue weighted by atomic mass is 16.7. The van der Waals surface area contributed by atoms with Crippen molar-refractivity contribution in [2.45, 2.75) is 13.0 Å². The molecule has 0 saturated carbocycles. The number of ether oxygens (including phenoxy) is 4. The van der Waals surface area contributed by atoms with Crippen LogP contribution in [0.2, 0.25) is 0 Å². The van der Waals surface area contributed by atoms with Crippen molar-refractivity contribution in [2.24, 2.45) is 0 Å². The summed E-state index contributed by atoms with van der Waals surface area (Å²) in [4.78, 5) is 2.42. The van der Waals surface area contributed by atoms with Gasteiger partial charge in [-0.2, -0.15) is 0 Å². The summed E-state index contributed by atoms with van der Waals surface area (Å²) in [5.41, 5.74) is 6.21. The fraction of sp³-hybridized carbons (Fsp3) is 0.300. The number of methoxy groups -OCH3 is 2. The first-order valence-corrected chi connectivity index (χ1v) is 8.41. The first kappa shape index (κ1) is 14.5. The average Bonchev–Trinajstić information content (AvgIpc) is 3.11. The van der Waals surface area contributed by atoms with Gasteiger partial charge in [0.05, 0.1) is 14.2 Å². The predicted octanol–water partition coefficient (Wildman–Crippen LogP) is 3.30. The maximum absolute atomic E-state index is 5.58. The normalized spacial score (nSPS) is 16.6. The Balaban J connectivity index is 1.65. The SMILES string of the molecule is COc1cc2c(cc1OC)CN1CCc3cc4c(cc3C1=C2)OCO4. The smallest absolute Gasteiger partial charge is 0.231 e. The molecule has 2 aromatic carbocycles. The number of fused-ring (bicyclic) bond motifs is 5. The lowest BCUT2D eigenvalue weighted by molar-refractivity contribution is 0.174. The van der Waals surface area contributed by atoms with Crippen molar-refractivity contribution in [1.29, 1.82) is 0 Å². The van der Waals surface area contributed by atoms with Gasteiger partial charge in [-0.1, -0.05) is 0 Å². The zero-order valence-electron chi connectivity index (χ0n) is 14.3. The van der Waals surface area contributed by atoms with Crippen molar-refractivity contribution in [2.75, 3.05) is 27.6 Å². The molecule has 2 aromatic rings. The molecule has 0 aliphatic carbocycles. The largest absolute Gasteiger partial charge is 0.493 e. The van der Waals surface area contributed by atoms with Crippen LogP contribution in [0.4, 0.5) is 0 Å². The third-order valence-corrected chi connectivity index (χ3v) is 5.16. The predicted molar refractivity (Wildman–Crippen MR) is 94.1 cm³/mol. The second kappa shape index (κ2) is 5.34. The Kier molecular flexibility index (Phi) is 3.10. The van der Waals surface area contributed by atoms with E-state index in [1.54, 1.807) is 14.2 Å². The number of hydrogen-bond acceptors (Lipinski definition) is 5. The molecule has 0 fully saturated rings. The van der Waals surface area contributed by atoms with E-state index in [0.29, 0.717) is 6.79 Å². The van der Waals surface area contributed by atoms with E-state index in [1.165, 1.54) is 28.0 Å². The van der Waals surface area contributed by atoms with Crippen molar-refractivity contribution in [3.63, 3.8) is 0 Å². The molecule has 0 atom stereocenters. The zero-order valence-corrected chi connectivity index (χ0v) is 14.3. The topological polar surface area (TPSA) is 40.2 Å². The molecule has 0 aromatic heterocycles. The van der Waals surface area contributed by atoms with E-state index >= 15 is 0 Å². The lowest BCUT2D eigenvalue weighted by Crippen LogP contribution is -2.31. The van der Waals surface area contributed by atoms with Crippen molar-refractivity contribution in [3.05, 3.63) is 46.5 Å². The van der Waals surface area contributed by atoms with Crippen LogP contribution in [0.3, 0.4) is 0 Å². The molecular formula is C20H19NO4. The standard InChI is InChI=1S/C20H19NO4/c1-22-17-7-13-5-16-15-9-20-19(24-11-25-20)6-12(15)3-4-21(16)10-14(13)8-18(17)23-2/h5-9H,3-4,10-11H2,1-2H3. The highest BCUT2D eigenvalue weighted by molar-refractivity contribution is 5.86. The summed E-state index contributed by atoms with van der Waals surface area (Å²) in [6, 6.07) is 8.37. The summed E-state index contributed by atoms with van der Waals surface area (Å²) < 4.78 is 22.0. The highest BCUT2D eigenvalue weighted by Gasteiger charge is 2.29. The van der Waals surface area contributed by atoms with Crippen LogP contribution in [0.1, 0.15) is 22.3 Å². The Hall–Kier alpha value is -2.82. The van der Waals surface area contributed by atoms with Gasteiger partial charge in [0.25, 0.3) is 0 Å². The summed E-state index contributed by atoms with van der Waals surface area (Å²) >= 11 is 0. The number of rotatable bonds is 2. The maximum Gasteiger partial charge on any atom is 0.231 e. The minimum atomic E-state index is 0.306. The molecule has 0 radical (unpaired) electrons. The third-order valence-electron chi connectivity index (χ3n) is 5.16. The molecule has 3 aliphatic rings. The van der Waals surface area contributed by atoms with Gasteiger partial charge < -0.3 is 23.8 Å². The molecule has 25 heavy (non-hydrogen) atoms. The van der Waals surface area contributed by atoms with Crippen LogP contribution in [0.15, 0.2) is 24.3 Å². The number of hydrogen-bond donors (Lipinski definition) is 0. The van der Waals surface area contributed by atoms with Gasteiger partial charge in [0.1, 0.15) is 0 Å². The van der Waals surface area contributed by atoms with E-state index < -0.39 is 0 Å². The molecule has 3 heterocycles. The summed E-state index contributed by atoms with van der Waals surface area (Å²) in [5, 5.41) is 0. The van der Waals surface area contributed by atoms with Crippen molar-refractivity contribution >= 4 is 11.8 Å². The first-order chi connectivity index (χ1) is 12.3. The fourth-order valence-corrected chi connectivity index (χ4v) is 3.87. The monoisotopic (exact) mass is 337 g/mol. The molecule has 0 unspecified atom stereocenters. The molecule has 0 spiro atoms. The maximum atomic E-state index is 5.58. The quantitative estimate of drug-likeness (QED) is 0.841. The molecule has 0 saturated heterocycles. The second-order valence-corrected chi connectivity index (χ2v) is 6.47. The van der Waals surface area contributed by atoms with Gasteiger partial charge in [-0.3, -0.25) is 0 Å². The summed E-state index contributed by atoms with van der Waals surface area (Å²) in [7, 11) is 3.34. The highest BCUT2D eigenvalue weighted by Crippen LogP contribution is 2.44. The molecule has 0 bridgehead atoms. The Labute approximate surface area is 146 Å². The lowest BCUT2D eigenvalue weighted by Gasteiger charge is -2.37. The van der Waals surface area contributed by atoms with E-state index in [4.69, 9.17) is 18.9 Å². The van der Waals surface area contributed by atoms with Gasteiger partial charge >= 0.3 is 0 Å². The van der Waals surface area contributed by atoms with Crippen LogP contribution in [0.5, 0.6) is 23.0 Å². The van der Waals surface area contributed by atoms with E-state index in [9.17, 15) is 0 Å². The van der Waals surface area contributed by atoms with Crippen LogP contribution < -0.4 is 18.9 Å². The van der Waals surface area contributed by atoms with E-state index in [1.807, 2.05) is 0 Å². The van der Waals surface area contributed by atoms with Crippen LogP contribution >= 0.6 is 0 Å². The summed E-state index contributed by atoms with van der Waals surface area (Å²) in [6.07, 6.45) is 3.24. The van der Waals surface area contributed by atoms with Crippen LogP contribution in [-0.2, 0) is 13.0 Å². The zero-order chi connectivity index (χ0) is 17.0. The van der Waals surface area contributed by atoms with Gasteiger partial charge in [0, 0.05) is 24.4 Å². The van der Waals surface area contributed by atoms with E-state index in [0.717, 1.165) is 42.5 Å². The van der Waals surface area contributed by atoms with Gasteiger partial charge in [0.2, 0.25) is 6.79 Å². The minimum Gasteiger partial charge on any atom is -0.493 e. The second-order valence-electron chi connectivity index (χ2n) is 6.47. The van der Waals surface area contributed by atoms with Gasteiger partial charge in [-0.15, -0.1) is 0 Å². The Morgan fingerprint density at radius 2 is 1.68 bits per heavy atom. The van der Waals surface area contributed by atoms with E-state index in [-0.39, 0.29) is 0 Å². The molecule has 128 valence electrons. The lowest BCUT2D eigenvalue weighted by atomic mass is 9.90. The van der Waals surface area contributed by atoms with Crippen LogP contribution in [-0.4, -0.2) is 32.5 Å². The van der Waals surface area contributed by atoms with Gasteiger partial charge in [0.15, 0.2) is 23.0 Å². The van der Waals surface area contributed by atoms with Crippen molar-refractivity contribution in [3.8, 4) is 23.0 Å². The minimum absolute atomic E-state index is 0.306. The Morgan fingerprint density at radius 3 is 2.48 bits per heavy atom. The van der Waals surface area contributed by atoms with Crippen LogP contribution in [0, 0.1) is 0 Å². The average molecular weight is 337 g/mol. The summed E-state index contributed by atoms with van der Waals surface area (Å²) in [6.45, 7) is 2.17. The number of benzene rings is 2. The Bertz CT molecular complexity index is 903. The summed E-state index contributed by atoms with van der Waals surface area (Å²) in [5.74, 6) is 3.22. The third kappa shape index (κ3) is 2.15. The molecular weight excluding hydrogens is 318 g/mol. The first-order valence-electron chi connectivity index (χ1n) is 8.41. The number of nitrogens with zero attached hydrogens (tertiary/aromatic N) is 1. The molecule has 5 nitrogen and oxygen atoms in total. The Morgan fingerprint density at radius 1 is 0.920 bits per heavy atom.